The molecule has 2 amide bonds. The SMILES string of the molecule is COc1cc(OC)cc(N2CCC(NC(=O)C3CC(F)(F)CN3)C2=O)c1.Cl. The molecule has 7 nitrogen and oxygen atoms in total. The second-order valence-electron chi connectivity index (χ2n) is 6.40. The predicted molar refractivity (Wildman–Crippen MR) is 97.0 cm³/mol. The number of hydrogen-bond donors (Lipinski definition) is 2. The Morgan fingerprint density at radius 2 is 1.89 bits per heavy atom. The number of nitrogens with one attached hydrogen (secondary N) is 2. The molecule has 10 heteroatoms. The number of halogens is 3. The predicted octanol–water partition coefficient (Wildman–Crippen LogP) is 1.34. The number of rotatable bonds is 5. The lowest BCUT2D eigenvalue weighted by molar-refractivity contribution is -0.128. The molecule has 0 saturated carbocycles. The van der Waals surface area contributed by atoms with Crippen LogP contribution in [0.25, 0.3) is 0 Å². The van der Waals surface area contributed by atoms with E-state index >= 15 is 0 Å². The first-order valence-corrected chi connectivity index (χ1v) is 8.29. The summed E-state index contributed by atoms with van der Waals surface area (Å²) in [6.07, 6.45) is -0.163. The van der Waals surface area contributed by atoms with E-state index in [1.54, 1.807) is 18.2 Å². The summed E-state index contributed by atoms with van der Waals surface area (Å²) < 4.78 is 36.9. The molecule has 27 heavy (non-hydrogen) atoms. The van der Waals surface area contributed by atoms with E-state index in [0.717, 1.165) is 0 Å². The van der Waals surface area contributed by atoms with Crippen molar-refractivity contribution in [1.29, 1.82) is 0 Å². The van der Waals surface area contributed by atoms with Gasteiger partial charge in [-0.25, -0.2) is 8.78 Å². The van der Waals surface area contributed by atoms with Gasteiger partial charge in [-0.3, -0.25) is 14.9 Å². The first kappa shape index (κ1) is 21.2. The summed E-state index contributed by atoms with van der Waals surface area (Å²) in [5.41, 5.74) is 0.591. The molecule has 2 saturated heterocycles. The Balaban J connectivity index is 0.00000261. The van der Waals surface area contributed by atoms with Crippen LogP contribution in [-0.2, 0) is 9.59 Å². The van der Waals surface area contributed by atoms with Gasteiger partial charge in [0.2, 0.25) is 11.8 Å². The van der Waals surface area contributed by atoms with Crippen LogP contribution in [0.2, 0.25) is 0 Å². The summed E-state index contributed by atoms with van der Waals surface area (Å²) in [5, 5.41) is 5.07. The summed E-state index contributed by atoms with van der Waals surface area (Å²) in [6, 6.07) is 3.36. The lowest BCUT2D eigenvalue weighted by Crippen LogP contribution is -2.48. The molecule has 0 aromatic heterocycles. The summed E-state index contributed by atoms with van der Waals surface area (Å²) in [6.45, 7) is -0.131. The summed E-state index contributed by atoms with van der Waals surface area (Å²) in [7, 11) is 3.02. The molecule has 150 valence electrons. The first-order valence-electron chi connectivity index (χ1n) is 8.29. The van der Waals surface area contributed by atoms with E-state index in [-0.39, 0.29) is 18.3 Å². The number of amides is 2. The minimum absolute atomic E-state index is 0. The largest absolute Gasteiger partial charge is 0.497 e. The van der Waals surface area contributed by atoms with E-state index in [1.165, 1.54) is 19.1 Å². The van der Waals surface area contributed by atoms with E-state index in [0.29, 0.717) is 30.2 Å². The Morgan fingerprint density at radius 3 is 2.41 bits per heavy atom. The van der Waals surface area contributed by atoms with Crippen LogP contribution in [0.15, 0.2) is 18.2 Å². The van der Waals surface area contributed by atoms with Gasteiger partial charge in [-0.15, -0.1) is 12.4 Å². The van der Waals surface area contributed by atoms with Crippen molar-refractivity contribution in [3.63, 3.8) is 0 Å². The highest BCUT2D eigenvalue weighted by Crippen LogP contribution is 2.31. The van der Waals surface area contributed by atoms with E-state index in [4.69, 9.17) is 9.47 Å². The number of nitrogens with zero attached hydrogens (tertiary/aromatic N) is 1. The van der Waals surface area contributed by atoms with Crippen molar-refractivity contribution in [2.24, 2.45) is 0 Å². The highest BCUT2D eigenvalue weighted by atomic mass is 35.5. The monoisotopic (exact) mass is 405 g/mol. The Kier molecular flexibility index (Phi) is 6.48. The molecule has 2 atom stereocenters. The Labute approximate surface area is 161 Å². The summed E-state index contributed by atoms with van der Waals surface area (Å²) in [4.78, 5) is 26.3. The second kappa shape index (κ2) is 8.26. The van der Waals surface area contributed by atoms with Crippen LogP contribution in [0.4, 0.5) is 14.5 Å². The Hall–Kier alpha value is -2.13. The number of alkyl halides is 2. The molecule has 1 aromatic rings. The number of methoxy groups -OCH3 is 2. The number of carbonyl (C=O) groups excluding carboxylic acids is 2. The normalized spacial score (nSPS) is 23.7. The third-order valence-corrected chi connectivity index (χ3v) is 4.60. The van der Waals surface area contributed by atoms with Gasteiger partial charge in [-0.2, -0.15) is 0 Å². The number of benzene rings is 1. The molecular formula is C17H22ClF2N3O4. The van der Waals surface area contributed by atoms with Gasteiger partial charge in [0, 0.05) is 31.2 Å². The summed E-state index contributed by atoms with van der Waals surface area (Å²) in [5.74, 6) is -2.69. The van der Waals surface area contributed by atoms with Gasteiger partial charge < -0.3 is 19.7 Å². The average Bonchev–Trinajstić information content (AvgIpc) is 3.17. The zero-order valence-electron chi connectivity index (χ0n) is 15.0. The Morgan fingerprint density at radius 1 is 1.26 bits per heavy atom. The first-order chi connectivity index (χ1) is 12.3. The minimum atomic E-state index is -2.90. The molecule has 0 bridgehead atoms. The quantitative estimate of drug-likeness (QED) is 0.773. The van der Waals surface area contributed by atoms with Crippen LogP contribution >= 0.6 is 12.4 Å². The molecule has 0 radical (unpaired) electrons. The molecule has 0 aliphatic carbocycles. The fourth-order valence-corrected chi connectivity index (χ4v) is 3.19. The Bertz CT molecular complexity index is 697. The van der Waals surface area contributed by atoms with E-state index in [1.807, 2.05) is 0 Å². The topological polar surface area (TPSA) is 79.9 Å². The molecular weight excluding hydrogens is 384 g/mol. The smallest absolute Gasteiger partial charge is 0.262 e. The molecule has 0 spiro atoms. The molecule has 2 unspecified atom stereocenters. The van der Waals surface area contributed by atoms with Gasteiger partial charge in [0.05, 0.1) is 32.5 Å². The van der Waals surface area contributed by atoms with Crippen molar-refractivity contribution in [3.8, 4) is 11.5 Å². The second-order valence-corrected chi connectivity index (χ2v) is 6.40. The molecule has 2 aliphatic heterocycles. The maximum Gasteiger partial charge on any atom is 0.262 e. The molecule has 2 fully saturated rings. The molecule has 2 heterocycles. The van der Waals surface area contributed by atoms with Gasteiger partial charge in [0.1, 0.15) is 17.5 Å². The number of carbonyl (C=O) groups is 2. The number of ether oxygens (including phenoxy) is 2. The van der Waals surface area contributed by atoms with Crippen molar-refractivity contribution in [2.45, 2.75) is 30.8 Å². The van der Waals surface area contributed by atoms with E-state index < -0.39 is 36.9 Å². The van der Waals surface area contributed by atoms with Crippen molar-refractivity contribution < 1.29 is 27.8 Å². The standard InChI is InChI=1S/C17H21F2N3O4.ClH/c1-25-11-5-10(6-12(7-11)26-2)22-4-3-13(16(22)24)21-15(23)14-8-17(18,19)9-20-14;/h5-7,13-14,20H,3-4,8-9H2,1-2H3,(H,21,23);1H. The zero-order chi connectivity index (χ0) is 18.9. The van der Waals surface area contributed by atoms with Gasteiger partial charge in [-0.1, -0.05) is 0 Å². The van der Waals surface area contributed by atoms with Gasteiger partial charge in [-0.05, 0) is 6.42 Å². The highest BCUT2D eigenvalue weighted by Gasteiger charge is 2.43. The lowest BCUT2D eigenvalue weighted by Gasteiger charge is -2.19. The van der Waals surface area contributed by atoms with Gasteiger partial charge >= 0.3 is 0 Å². The van der Waals surface area contributed by atoms with E-state index in [9.17, 15) is 18.4 Å². The maximum atomic E-state index is 13.2. The third-order valence-electron chi connectivity index (χ3n) is 4.60. The minimum Gasteiger partial charge on any atom is -0.497 e. The van der Waals surface area contributed by atoms with Crippen molar-refractivity contribution in [3.05, 3.63) is 18.2 Å². The van der Waals surface area contributed by atoms with Crippen molar-refractivity contribution in [2.75, 3.05) is 32.2 Å². The third kappa shape index (κ3) is 4.59. The van der Waals surface area contributed by atoms with Gasteiger partial charge in [0.25, 0.3) is 5.92 Å². The van der Waals surface area contributed by atoms with Crippen LogP contribution in [-0.4, -0.2) is 57.1 Å². The molecule has 2 aliphatic rings. The molecule has 3 rings (SSSR count). The number of hydrogen-bond acceptors (Lipinski definition) is 5. The summed E-state index contributed by atoms with van der Waals surface area (Å²) >= 11 is 0. The van der Waals surface area contributed by atoms with Crippen LogP contribution in [0.5, 0.6) is 11.5 Å². The van der Waals surface area contributed by atoms with Crippen molar-refractivity contribution in [1.82, 2.24) is 10.6 Å². The van der Waals surface area contributed by atoms with Crippen LogP contribution in [0.3, 0.4) is 0 Å². The fourth-order valence-electron chi connectivity index (χ4n) is 3.19. The molecule has 1 aromatic carbocycles. The zero-order valence-corrected chi connectivity index (χ0v) is 15.8. The van der Waals surface area contributed by atoms with Crippen LogP contribution < -0.4 is 25.0 Å². The van der Waals surface area contributed by atoms with Gasteiger partial charge in [0.15, 0.2) is 0 Å². The number of anilines is 1. The highest BCUT2D eigenvalue weighted by molar-refractivity contribution is 6.02. The van der Waals surface area contributed by atoms with Crippen LogP contribution in [0.1, 0.15) is 12.8 Å². The van der Waals surface area contributed by atoms with E-state index in [2.05, 4.69) is 10.6 Å². The fraction of sp³-hybridized carbons (Fsp3) is 0.529. The van der Waals surface area contributed by atoms with Crippen molar-refractivity contribution >= 4 is 29.9 Å². The average molecular weight is 406 g/mol. The molecule has 2 N–H and O–H groups in total. The lowest BCUT2D eigenvalue weighted by atomic mass is 10.1. The maximum absolute atomic E-state index is 13.2. The van der Waals surface area contributed by atoms with Crippen LogP contribution in [0, 0.1) is 0 Å².